The van der Waals surface area contributed by atoms with Crippen LogP contribution in [0.3, 0.4) is 0 Å². The highest BCUT2D eigenvalue weighted by Gasteiger charge is 2.19. The Labute approximate surface area is 156 Å². The molecule has 0 aliphatic carbocycles. The van der Waals surface area contributed by atoms with Gasteiger partial charge in [-0.1, -0.05) is 18.2 Å². The number of methoxy groups -OCH3 is 2. The van der Waals surface area contributed by atoms with E-state index in [9.17, 15) is 9.59 Å². The minimum Gasteiger partial charge on any atom is -0.497 e. The summed E-state index contributed by atoms with van der Waals surface area (Å²) in [6.07, 6.45) is 1.70. The number of para-hydroxylation sites is 1. The summed E-state index contributed by atoms with van der Waals surface area (Å²) in [4.78, 5) is 24.3. The molecule has 0 unspecified atom stereocenters. The molecule has 0 saturated heterocycles. The molecule has 3 rings (SSSR count). The van der Waals surface area contributed by atoms with Crippen molar-refractivity contribution in [3.8, 4) is 17.2 Å². The molecular weight excluding hydrogens is 350 g/mol. The first kappa shape index (κ1) is 18.3. The summed E-state index contributed by atoms with van der Waals surface area (Å²) in [5.41, 5.74) is 1.60. The van der Waals surface area contributed by atoms with Gasteiger partial charge < -0.3 is 24.3 Å². The fraction of sp³-hybridized carbons (Fsp3) is 0.200. The first-order valence-corrected chi connectivity index (χ1v) is 8.22. The van der Waals surface area contributed by atoms with Crippen molar-refractivity contribution in [1.82, 2.24) is 0 Å². The molecule has 0 radical (unpaired) electrons. The van der Waals surface area contributed by atoms with Crippen LogP contribution in [0.2, 0.25) is 0 Å². The van der Waals surface area contributed by atoms with Gasteiger partial charge in [0.2, 0.25) is 0 Å². The van der Waals surface area contributed by atoms with E-state index >= 15 is 0 Å². The maximum atomic E-state index is 12.2. The summed E-state index contributed by atoms with van der Waals surface area (Å²) in [6.45, 7) is -0.323. The van der Waals surface area contributed by atoms with Gasteiger partial charge in [-0.15, -0.1) is 0 Å². The number of benzene rings is 2. The molecule has 140 valence electrons. The van der Waals surface area contributed by atoms with Gasteiger partial charge in [-0.3, -0.25) is 4.79 Å². The molecule has 0 bridgehead atoms. The lowest BCUT2D eigenvalue weighted by molar-refractivity contribution is -0.143. The summed E-state index contributed by atoms with van der Waals surface area (Å²) in [7, 11) is 3.02. The van der Waals surface area contributed by atoms with Gasteiger partial charge in [0.1, 0.15) is 23.9 Å². The number of anilines is 1. The van der Waals surface area contributed by atoms with Crippen LogP contribution in [0.25, 0.3) is 6.08 Å². The van der Waals surface area contributed by atoms with Gasteiger partial charge in [0, 0.05) is 11.6 Å². The Kier molecular flexibility index (Phi) is 5.61. The molecule has 1 heterocycles. The van der Waals surface area contributed by atoms with E-state index in [-0.39, 0.29) is 6.61 Å². The zero-order valence-corrected chi connectivity index (χ0v) is 15.0. The maximum absolute atomic E-state index is 12.2. The van der Waals surface area contributed by atoms with Crippen molar-refractivity contribution in [2.24, 2.45) is 0 Å². The van der Waals surface area contributed by atoms with E-state index in [0.717, 1.165) is 5.56 Å². The zero-order chi connectivity index (χ0) is 19.2. The Morgan fingerprint density at radius 1 is 1.11 bits per heavy atom. The number of rotatable bonds is 6. The van der Waals surface area contributed by atoms with Crippen LogP contribution in [0.15, 0.2) is 48.0 Å². The van der Waals surface area contributed by atoms with Crippen molar-refractivity contribution in [1.29, 1.82) is 0 Å². The highest BCUT2D eigenvalue weighted by molar-refractivity contribution is 5.98. The molecule has 0 fully saturated rings. The van der Waals surface area contributed by atoms with E-state index in [1.165, 1.54) is 14.2 Å². The molecule has 0 spiro atoms. The Hall–Kier alpha value is -3.48. The molecule has 1 amide bonds. The van der Waals surface area contributed by atoms with Gasteiger partial charge in [-0.05, 0) is 24.3 Å². The third kappa shape index (κ3) is 4.38. The van der Waals surface area contributed by atoms with E-state index in [1.54, 1.807) is 24.3 Å². The Morgan fingerprint density at radius 2 is 1.93 bits per heavy atom. The number of hydrogen-bond acceptors (Lipinski definition) is 6. The third-order valence-electron chi connectivity index (χ3n) is 3.91. The zero-order valence-electron chi connectivity index (χ0n) is 15.0. The average Bonchev–Trinajstić information content (AvgIpc) is 2.71. The molecule has 2 aromatic rings. The number of carbonyl (C=O) groups is 2. The Bertz CT molecular complexity index is 890. The van der Waals surface area contributed by atoms with Crippen LogP contribution in [-0.4, -0.2) is 39.3 Å². The molecule has 7 nitrogen and oxygen atoms in total. The molecule has 1 aliphatic rings. The summed E-state index contributed by atoms with van der Waals surface area (Å²) in [5, 5.41) is 2.64. The standard InChI is InChI=1S/C20H19NO6/c1-24-15-7-8-16(18(10-15)25-2)21-19(22)12-27-20(23)14-9-13-5-3-4-6-17(13)26-11-14/h3-10H,11-12H2,1-2H3,(H,21,22). The van der Waals surface area contributed by atoms with Gasteiger partial charge in [0.05, 0.1) is 25.5 Å². The second-order valence-corrected chi connectivity index (χ2v) is 5.69. The van der Waals surface area contributed by atoms with E-state index < -0.39 is 18.5 Å². The fourth-order valence-corrected chi connectivity index (χ4v) is 2.55. The van der Waals surface area contributed by atoms with Crippen molar-refractivity contribution in [2.75, 3.05) is 32.8 Å². The van der Waals surface area contributed by atoms with Crippen molar-refractivity contribution in [3.63, 3.8) is 0 Å². The maximum Gasteiger partial charge on any atom is 0.338 e. The largest absolute Gasteiger partial charge is 0.497 e. The number of fused-ring (bicyclic) bond motifs is 1. The monoisotopic (exact) mass is 369 g/mol. The van der Waals surface area contributed by atoms with E-state index in [0.29, 0.717) is 28.5 Å². The minimum atomic E-state index is -0.596. The van der Waals surface area contributed by atoms with Crippen LogP contribution in [0.4, 0.5) is 5.69 Å². The molecule has 1 aliphatic heterocycles. The molecule has 0 aromatic heterocycles. The summed E-state index contributed by atoms with van der Waals surface area (Å²) >= 11 is 0. The van der Waals surface area contributed by atoms with Gasteiger partial charge in [0.15, 0.2) is 6.61 Å². The number of ether oxygens (including phenoxy) is 4. The van der Waals surface area contributed by atoms with E-state index in [1.807, 2.05) is 24.3 Å². The summed E-state index contributed by atoms with van der Waals surface area (Å²) < 4.78 is 20.9. The first-order valence-electron chi connectivity index (χ1n) is 8.22. The van der Waals surface area contributed by atoms with Crippen LogP contribution in [0, 0.1) is 0 Å². The Balaban J connectivity index is 1.58. The van der Waals surface area contributed by atoms with Crippen molar-refractivity contribution >= 4 is 23.6 Å². The van der Waals surface area contributed by atoms with Gasteiger partial charge in [-0.2, -0.15) is 0 Å². The topological polar surface area (TPSA) is 83.1 Å². The normalized spacial score (nSPS) is 12.1. The highest BCUT2D eigenvalue weighted by Crippen LogP contribution is 2.29. The van der Waals surface area contributed by atoms with Gasteiger partial charge in [-0.25, -0.2) is 4.79 Å². The van der Waals surface area contributed by atoms with Crippen LogP contribution in [-0.2, 0) is 14.3 Å². The number of esters is 1. The lowest BCUT2D eigenvalue weighted by Crippen LogP contribution is -2.24. The molecular formula is C20H19NO6. The number of nitrogens with one attached hydrogen (secondary N) is 1. The van der Waals surface area contributed by atoms with Crippen molar-refractivity contribution in [2.45, 2.75) is 0 Å². The average molecular weight is 369 g/mol. The quantitative estimate of drug-likeness (QED) is 0.789. The van der Waals surface area contributed by atoms with Gasteiger partial charge in [0.25, 0.3) is 5.91 Å². The van der Waals surface area contributed by atoms with Crippen molar-refractivity contribution < 1.29 is 28.5 Å². The molecule has 0 atom stereocenters. The number of carbonyl (C=O) groups excluding carboxylic acids is 2. The number of hydrogen-bond donors (Lipinski definition) is 1. The number of amides is 1. The molecule has 7 heteroatoms. The van der Waals surface area contributed by atoms with Crippen LogP contribution >= 0.6 is 0 Å². The smallest absolute Gasteiger partial charge is 0.338 e. The summed E-state index contributed by atoms with van der Waals surface area (Å²) in [6, 6.07) is 12.3. The second kappa shape index (κ2) is 8.27. The minimum absolute atomic E-state index is 0.101. The second-order valence-electron chi connectivity index (χ2n) is 5.69. The third-order valence-corrected chi connectivity index (χ3v) is 3.91. The molecule has 27 heavy (non-hydrogen) atoms. The fourth-order valence-electron chi connectivity index (χ4n) is 2.55. The molecule has 0 saturated carbocycles. The Morgan fingerprint density at radius 3 is 2.70 bits per heavy atom. The predicted octanol–water partition coefficient (Wildman–Crippen LogP) is 2.66. The molecule has 2 aromatic carbocycles. The molecule has 1 N–H and O–H groups in total. The van der Waals surface area contributed by atoms with Crippen LogP contribution in [0.1, 0.15) is 5.56 Å². The highest BCUT2D eigenvalue weighted by atomic mass is 16.5. The van der Waals surface area contributed by atoms with Crippen molar-refractivity contribution in [3.05, 3.63) is 53.6 Å². The van der Waals surface area contributed by atoms with Crippen LogP contribution in [0.5, 0.6) is 17.2 Å². The summed E-state index contributed by atoms with van der Waals surface area (Å²) in [5.74, 6) is 0.666. The van der Waals surface area contributed by atoms with E-state index in [2.05, 4.69) is 5.32 Å². The van der Waals surface area contributed by atoms with Crippen LogP contribution < -0.4 is 19.5 Å². The first-order chi connectivity index (χ1) is 13.1. The lowest BCUT2D eigenvalue weighted by atomic mass is 10.1. The van der Waals surface area contributed by atoms with E-state index in [4.69, 9.17) is 18.9 Å². The van der Waals surface area contributed by atoms with Gasteiger partial charge >= 0.3 is 5.97 Å². The SMILES string of the molecule is COc1ccc(NC(=O)COC(=O)C2=Cc3ccccc3OC2)c(OC)c1. The predicted molar refractivity (Wildman–Crippen MR) is 99.0 cm³/mol. The lowest BCUT2D eigenvalue weighted by Gasteiger charge is -2.17.